The van der Waals surface area contributed by atoms with Crippen molar-refractivity contribution in [1.29, 1.82) is 0 Å². The molecule has 0 saturated carbocycles. The number of rotatable bonds is 3. The van der Waals surface area contributed by atoms with Gasteiger partial charge in [-0.25, -0.2) is 0 Å². The molecule has 0 aliphatic heterocycles. The fraction of sp³-hybridized carbons (Fsp3) is 0.300. The minimum absolute atomic E-state index is 0.302. The van der Waals surface area contributed by atoms with E-state index < -0.39 is 11.3 Å². The molecule has 0 aliphatic carbocycles. The molecular formula is C10H9BrCl2O2. The van der Waals surface area contributed by atoms with Gasteiger partial charge >= 0.3 is 5.97 Å². The van der Waals surface area contributed by atoms with Gasteiger partial charge in [-0.2, -0.15) is 0 Å². The van der Waals surface area contributed by atoms with E-state index in [2.05, 4.69) is 15.9 Å². The third kappa shape index (κ3) is 3.37. The van der Waals surface area contributed by atoms with Crippen molar-refractivity contribution in [3.8, 4) is 0 Å². The minimum atomic E-state index is -0.856. The molecule has 0 radical (unpaired) electrons. The van der Waals surface area contributed by atoms with Crippen LogP contribution in [0.2, 0.25) is 5.02 Å². The van der Waals surface area contributed by atoms with Gasteiger partial charge < -0.3 is 4.74 Å². The molecule has 0 aromatic heterocycles. The first-order chi connectivity index (χ1) is 7.06. The zero-order chi connectivity index (χ0) is 11.4. The van der Waals surface area contributed by atoms with Gasteiger partial charge in [0.25, 0.3) is 0 Å². The third-order valence-electron chi connectivity index (χ3n) is 1.73. The summed E-state index contributed by atoms with van der Waals surface area (Å²) in [7, 11) is 0. The van der Waals surface area contributed by atoms with E-state index in [0.29, 0.717) is 17.2 Å². The summed E-state index contributed by atoms with van der Waals surface area (Å²) in [6.07, 6.45) is 0. The Hall–Kier alpha value is -0.250. The Morgan fingerprint density at radius 3 is 2.80 bits per heavy atom. The molecular weight excluding hydrogens is 303 g/mol. The largest absolute Gasteiger partial charge is 0.465 e. The lowest BCUT2D eigenvalue weighted by Gasteiger charge is -2.10. The SMILES string of the molecule is CCOC(=O)C(Cl)c1ccc(Br)cc1Cl. The highest BCUT2D eigenvalue weighted by atomic mass is 79.9. The summed E-state index contributed by atoms with van der Waals surface area (Å²) in [5.74, 6) is -0.483. The Kier molecular flexibility index (Phi) is 4.90. The Bertz CT molecular complexity index is 368. The summed E-state index contributed by atoms with van der Waals surface area (Å²) in [5.41, 5.74) is 0.556. The van der Waals surface area contributed by atoms with Gasteiger partial charge in [0.05, 0.1) is 6.61 Å². The van der Waals surface area contributed by atoms with E-state index in [0.717, 1.165) is 4.47 Å². The normalized spacial score (nSPS) is 12.3. The van der Waals surface area contributed by atoms with Crippen LogP contribution in [0.3, 0.4) is 0 Å². The molecule has 0 amide bonds. The highest BCUT2D eigenvalue weighted by molar-refractivity contribution is 9.10. The molecule has 2 nitrogen and oxygen atoms in total. The zero-order valence-corrected chi connectivity index (χ0v) is 11.1. The standard InChI is InChI=1S/C10H9BrCl2O2/c1-2-15-10(14)9(13)7-4-3-6(11)5-8(7)12/h3-5,9H,2H2,1H3. The molecule has 0 aliphatic rings. The van der Waals surface area contributed by atoms with E-state index in [1.54, 1.807) is 25.1 Å². The van der Waals surface area contributed by atoms with Crippen molar-refractivity contribution in [2.24, 2.45) is 0 Å². The summed E-state index contributed by atoms with van der Waals surface area (Å²) < 4.78 is 5.64. The average molecular weight is 312 g/mol. The second kappa shape index (κ2) is 5.73. The van der Waals surface area contributed by atoms with Crippen LogP contribution in [-0.2, 0) is 9.53 Å². The van der Waals surface area contributed by atoms with Crippen LogP contribution in [0.1, 0.15) is 17.9 Å². The quantitative estimate of drug-likeness (QED) is 0.624. The van der Waals surface area contributed by atoms with Gasteiger partial charge in [0.2, 0.25) is 0 Å². The molecule has 1 aromatic carbocycles. The van der Waals surface area contributed by atoms with E-state index >= 15 is 0 Å². The summed E-state index contributed by atoms with van der Waals surface area (Å²) in [6, 6.07) is 5.16. The van der Waals surface area contributed by atoms with Crippen molar-refractivity contribution in [2.75, 3.05) is 6.61 Å². The molecule has 15 heavy (non-hydrogen) atoms. The van der Waals surface area contributed by atoms with E-state index in [1.165, 1.54) is 0 Å². The molecule has 5 heteroatoms. The van der Waals surface area contributed by atoms with E-state index in [4.69, 9.17) is 27.9 Å². The molecule has 0 saturated heterocycles. The number of hydrogen-bond acceptors (Lipinski definition) is 2. The molecule has 0 bridgehead atoms. The highest BCUT2D eigenvalue weighted by Crippen LogP contribution is 2.30. The molecule has 0 N–H and O–H groups in total. The maximum atomic E-state index is 11.4. The summed E-state index contributed by atoms with van der Waals surface area (Å²) in [5, 5.41) is -0.414. The van der Waals surface area contributed by atoms with E-state index in [1.807, 2.05) is 0 Å². The van der Waals surface area contributed by atoms with Crippen molar-refractivity contribution in [1.82, 2.24) is 0 Å². The van der Waals surface area contributed by atoms with Gasteiger partial charge in [0.15, 0.2) is 5.38 Å². The van der Waals surface area contributed by atoms with Crippen LogP contribution in [0.5, 0.6) is 0 Å². The van der Waals surface area contributed by atoms with Crippen LogP contribution in [0.4, 0.5) is 0 Å². The monoisotopic (exact) mass is 310 g/mol. The van der Waals surface area contributed by atoms with Crippen molar-refractivity contribution < 1.29 is 9.53 Å². The van der Waals surface area contributed by atoms with Gasteiger partial charge in [-0.15, -0.1) is 11.6 Å². The number of hydrogen-bond donors (Lipinski definition) is 0. The summed E-state index contributed by atoms with van der Waals surface area (Å²) in [4.78, 5) is 11.4. The van der Waals surface area contributed by atoms with Crippen molar-refractivity contribution >= 4 is 45.1 Å². The number of esters is 1. The molecule has 0 spiro atoms. The molecule has 1 atom stereocenters. The molecule has 0 fully saturated rings. The van der Waals surface area contributed by atoms with Crippen LogP contribution in [-0.4, -0.2) is 12.6 Å². The maximum absolute atomic E-state index is 11.4. The number of carbonyl (C=O) groups excluding carboxylic acids is 1. The predicted octanol–water partition coefficient (Wildman–Crippen LogP) is 3.95. The van der Waals surface area contributed by atoms with Crippen LogP contribution >= 0.6 is 39.1 Å². The van der Waals surface area contributed by atoms with Gasteiger partial charge in [0, 0.05) is 9.50 Å². The topological polar surface area (TPSA) is 26.3 Å². The van der Waals surface area contributed by atoms with Crippen LogP contribution in [0, 0.1) is 0 Å². The number of carbonyl (C=O) groups is 1. The van der Waals surface area contributed by atoms with Crippen molar-refractivity contribution in [3.05, 3.63) is 33.3 Å². The van der Waals surface area contributed by atoms with Crippen LogP contribution in [0.15, 0.2) is 22.7 Å². The Morgan fingerprint density at radius 1 is 1.60 bits per heavy atom. The van der Waals surface area contributed by atoms with Crippen LogP contribution < -0.4 is 0 Å². The maximum Gasteiger partial charge on any atom is 0.328 e. The predicted molar refractivity (Wildman–Crippen MR) is 64.4 cm³/mol. The molecule has 0 heterocycles. The number of halogens is 3. The first-order valence-corrected chi connectivity index (χ1v) is 5.92. The summed E-state index contributed by atoms with van der Waals surface area (Å²) >= 11 is 15.1. The minimum Gasteiger partial charge on any atom is -0.465 e. The summed E-state index contributed by atoms with van der Waals surface area (Å²) in [6.45, 7) is 2.03. The Balaban J connectivity index is 2.91. The molecule has 1 rings (SSSR count). The number of alkyl halides is 1. The molecule has 1 unspecified atom stereocenters. The highest BCUT2D eigenvalue weighted by Gasteiger charge is 2.21. The first-order valence-electron chi connectivity index (χ1n) is 4.32. The fourth-order valence-corrected chi connectivity index (χ4v) is 2.14. The third-order valence-corrected chi connectivity index (χ3v) is 2.96. The Labute approximate surface area is 107 Å². The fourth-order valence-electron chi connectivity index (χ4n) is 1.05. The second-order valence-corrected chi connectivity index (χ2v) is 4.54. The molecule has 1 aromatic rings. The lowest BCUT2D eigenvalue weighted by atomic mass is 10.1. The molecule has 82 valence electrons. The second-order valence-electron chi connectivity index (χ2n) is 2.78. The van der Waals surface area contributed by atoms with Gasteiger partial charge in [-0.05, 0) is 24.6 Å². The van der Waals surface area contributed by atoms with Crippen molar-refractivity contribution in [3.63, 3.8) is 0 Å². The lowest BCUT2D eigenvalue weighted by Crippen LogP contribution is -2.11. The van der Waals surface area contributed by atoms with Gasteiger partial charge in [-0.3, -0.25) is 4.79 Å². The van der Waals surface area contributed by atoms with E-state index in [-0.39, 0.29) is 0 Å². The smallest absolute Gasteiger partial charge is 0.328 e. The Morgan fingerprint density at radius 2 is 2.27 bits per heavy atom. The van der Waals surface area contributed by atoms with Crippen LogP contribution in [0.25, 0.3) is 0 Å². The zero-order valence-electron chi connectivity index (χ0n) is 7.97. The first kappa shape index (κ1) is 12.8. The van der Waals surface area contributed by atoms with E-state index in [9.17, 15) is 4.79 Å². The van der Waals surface area contributed by atoms with Crippen molar-refractivity contribution in [2.45, 2.75) is 12.3 Å². The average Bonchev–Trinajstić information content (AvgIpc) is 2.17. The number of benzene rings is 1. The van der Waals surface area contributed by atoms with Gasteiger partial charge in [0.1, 0.15) is 0 Å². The number of ether oxygens (including phenoxy) is 1. The lowest BCUT2D eigenvalue weighted by molar-refractivity contribution is -0.142. The van der Waals surface area contributed by atoms with Gasteiger partial charge in [-0.1, -0.05) is 33.6 Å².